The van der Waals surface area contributed by atoms with Crippen molar-refractivity contribution >= 4 is 5.97 Å². The molecule has 0 aliphatic heterocycles. The van der Waals surface area contributed by atoms with Crippen LogP contribution in [0.5, 0.6) is 5.75 Å². The zero-order valence-electron chi connectivity index (χ0n) is 19.1. The predicted octanol–water partition coefficient (Wildman–Crippen LogP) is 4.20. The van der Waals surface area contributed by atoms with Crippen LogP contribution in [0.2, 0.25) is 0 Å². The van der Waals surface area contributed by atoms with Gasteiger partial charge in [0, 0.05) is 44.2 Å². The molecule has 0 bridgehead atoms. The van der Waals surface area contributed by atoms with E-state index in [0.29, 0.717) is 49.9 Å². The third-order valence-corrected chi connectivity index (χ3v) is 4.24. The lowest BCUT2D eigenvalue weighted by atomic mass is 9.95. The molecule has 0 amide bonds. The molecule has 0 radical (unpaired) electrons. The summed E-state index contributed by atoms with van der Waals surface area (Å²) in [5.41, 5.74) is 0.975. The zero-order valence-corrected chi connectivity index (χ0v) is 19.1. The maximum Gasteiger partial charge on any atom is 0.338 e. The lowest BCUT2D eigenvalue weighted by Gasteiger charge is -2.48. The molecule has 0 aromatic heterocycles. The Bertz CT molecular complexity index is 642. The molecule has 0 unspecified atom stereocenters. The largest absolute Gasteiger partial charge is 0.423 e. The molecule has 0 atom stereocenters. The molecule has 0 aliphatic rings. The Morgan fingerprint density at radius 2 is 1.33 bits per heavy atom. The second kappa shape index (κ2) is 12.8. The third kappa shape index (κ3) is 6.12. The summed E-state index contributed by atoms with van der Waals surface area (Å²) in [6, 6.07) is 6.88. The molecule has 0 spiro atoms. The summed E-state index contributed by atoms with van der Waals surface area (Å²) < 4.78 is 35.7. The summed E-state index contributed by atoms with van der Waals surface area (Å²) >= 11 is 0. The standard InChI is InChI=1S/C23H36O7/c1-8-25-17-22(26-9-2,27-10-3)23(28-11-4,29-12-5)19-13-15-20(16-14-19)30-21(24)18(6)7/h13-16H,6,8-12,17H2,1-5,7H3. The Labute approximate surface area is 180 Å². The normalized spacial score (nSPS) is 12.1. The molecule has 1 rings (SSSR count). The summed E-state index contributed by atoms with van der Waals surface area (Å²) in [6.45, 7) is 16.6. The number of carbonyl (C=O) groups excluding carboxylic acids is 1. The van der Waals surface area contributed by atoms with Crippen molar-refractivity contribution in [2.75, 3.05) is 39.6 Å². The summed E-state index contributed by atoms with van der Waals surface area (Å²) in [4.78, 5) is 11.8. The minimum Gasteiger partial charge on any atom is -0.423 e. The molecule has 0 fully saturated rings. The minimum atomic E-state index is -1.39. The first-order chi connectivity index (χ1) is 14.4. The van der Waals surface area contributed by atoms with Crippen LogP contribution in [0.4, 0.5) is 0 Å². The van der Waals surface area contributed by atoms with Crippen LogP contribution < -0.4 is 4.74 Å². The van der Waals surface area contributed by atoms with Crippen molar-refractivity contribution in [2.24, 2.45) is 0 Å². The Kier molecular flexibility index (Phi) is 11.2. The van der Waals surface area contributed by atoms with Crippen LogP contribution in [0.15, 0.2) is 36.4 Å². The molecular weight excluding hydrogens is 388 g/mol. The number of hydrogen-bond donors (Lipinski definition) is 0. The quantitative estimate of drug-likeness (QED) is 0.181. The van der Waals surface area contributed by atoms with Crippen LogP contribution in [0.1, 0.15) is 47.1 Å². The van der Waals surface area contributed by atoms with Gasteiger partial charge in [-0.2, -0.15) is 0 Å². The number of hydrogen-bond acceptors (Lipinski definition) is 7. The fraction of sp³-hybridized carbons (Fsp3) is 0.609. The molecule has 30 heavy (non-hydrogen) atoms. The number of esters is 1. The van der Waals surface area contributed by atoms with Crippen molar-refractivity contribution in [2.45, 2.75) is 53.1 Å². The van der Waals surface area contributed by atoms with E-state index < -0.39 is 17.5 Å². The van der Waals surface area contributed by atoms with Gasteiger partial charge in [-0.15, -0.1) is 0 Å². The van der Waals surface area contributed by atoms with E-state index in [9.17, 15) is 4.79 Å². The highest BCUT2D eigenvalue weighted by molar-refractivity contribution is 5.88. The van der Waals surface area contributed by atoms with Crippen molar-refractivity contribution in [3.8, 4) is 5.75 Å². The molecule has 7 heteroatoms. The Morgan fingerprint density at radius 1 is 0.833 bits per heavy atom. The van der Waals surface area contributed by atoms with Gasteiger partial charge in [0.05, 0.1) is 0 Å². The van der Waals surface area contributed by atoms with Crippen LogP contribution >= 0.6 is 0 Å². The van der Waals surface area contributed by atoms with Gasteiger partial charge in [-0.05, 0) is 65.8 Å². The van der Waals surface area contributed by atoms with Crippen molar-refractivity contribution in [1.29, 1.82) is 0 Å². The molecule has 7 nitrogen and oxygen atoms in total. The van der Waals surface area contributed by atoms with Crippen LogP contribution in [0.25, 0.3) is 0 Å². The summed E-state index contributed by atoms with van der Waals surface area (Å²) in [5, 5.41) is 0. The number of rotatable bonds is 15. The smallest absolute Gasteiger partial charge is 0.338 e. The SMILES string of the molecule is C=C(C)C(=O)Oc1ccc(C(OCC)(OCC)C(COCC)(OCC)OCC)cc1. The van der Waals surface area contributed by atoms with E-state index in [2.05, 4.69) is 6.58 Å². The van der Waals surface area contributed by atoms with Gasteiger partial charge in [0.1, 0.15) is 12.4 Å². The van der Waals surface area contributed by atoms with Gasteiger partial charge in [0.2, 0.25) is 0 Å². The second-order valence-corrected chi connectivity index (χ2v) is 6.43. The Morgan fingerprint density at radius 3 is 1.73 bits per heavy atom. The first-order valence-corrected chi connectivity index (χ1v) is 10.5. The van der Waals surface area contributed by atoms with E-state index in [0.717, 1.165) is 0 Å². The minimum absolute atomic E-state index is 0.109. The van der Waals surface area contributed by atoms with Crippen molar-refractivity contribution < 1.29 is 33.2 Å². The molecular formula is C23H36O7. The third-order valence-electron chi connectivity index (χ3n) is 4.24. The average Bonchev–Trinajstić information content (AvgIpc) is 2.72. The molecule has 0 saturated carbocycles. The maximum absolute atomic E-state index is 11.8. The first-order valence-electron chi connectivity index (χ1n) is 10.5. The highest BCUT2D eigenvalue weighted by Crippen LogP contribution is 2.43. The summed E-state index contributed by atoms with van der Waals surface area (Å²) in [6.07, 6.45) is 0. The second-order valence-electron chi connectivity index (χ2n) is 6.43. The molecule has 0 aliphatic carbocycles. The van der Waals surface area contributed by atoms with E-state index in [-0.39, 0.29) is 6.61 Å². The summed E-state index contributed by atoms with van der Waals surface area (Å²) in [5.74, 6) is -2.84. The fourth-order valence-electron chi connectivity index (χ4n) is 3.10. The van der Waals surface area contributed by atoms with Crippen LogP contribution in [0, 0.1) is 0 Å². The Balaban J connectivity index is 3.53. The van der Waals surface area contributed by atoms with Crippen LogP contribution in [-0.2, 0) is 34.3 Å². The molecule has 0 N–H and O–H groups in total. The van der Waals surface area contributed by atoms with Crippen LogP contribution in [-0.4, -0.2) is 51.4 Å². The van der Waals surface area contributed by atoms with Gasteiger partial charge < -0.3 is 28.4 Å². The summed E-state index contributed by atoms with van der Waals surface area (Å²) in [7, 11) is 0. The molecule has 0 saturated heterocycles. The molecule has 1 aromatic carbocycles. The molecule has 170 valence electrons. The van der Waals surface area contributed by atoms with Gasteiger partial charge in [0.15, 0.2) is 0 Å². The Hall–Kier alpha value is -1.77. The zero-order chi connectivity index (χ0) is 22.6. The lowest BCUT2D eigenvalue weighted by molar-refractivity contribution is -0.426. The van der Waals surface area contributed by atoms with E-state index >= 15 is 0 Å². The lowest BCUT2D eigenvalue weighted by Crippen LogP contribution is -2.61. The molecule has 0 heterocycles. The van der Waals surface area contributed by atoms with Gasteiger partial charge in [-0.25, -0.2) is 4.79 Å². The molecule has 1 aromatic rings. The van der Waals surface area contributed by atoms with Crippen molar-refractivity contribution in [1.82, 2.24) is 0 Å². The maximum atomic E-state index is 11.8. The van der Waals surface area contributed by atoms with E-state index in [1.54, 1.807) is 31.2 Å². The van der Waals surface area contributed by atoms with Gasteiger partial charge >= 0.3 is 5.97 Å². The number of carbonyl (C=O) groups is 1. The topological polar surface area (TPSA) is 72.5 Å². The van der Waals surface area contributed by atoms with Crippen molar-refractivity contribution in [3.05, 3.63) is 42.0 Å². The van der Waals surface area contributed by atoms with Gasteiger partial charge in [0.25, 0.3) is 11.6 Å². The highest BCUT2D eigenvalue weighted by atomic mass is 16.8. The highest BCUT2D eigenvalue weighted by Gasteiger charge is 2.58. The first kappa shape index (κ1) is 26.3. The van der Waals surface area contributed by atoms with Gasteiger partial charge in [-0.3, -0.25) is 0 Å². The van der Waals surface area contributed by atoms with Crippen molar-refractivity contribution in [3.63, 3.8) is 0 Å². The average molecular weight is 425 g/mol. The number of benzene rings is 1. The monoisotopic (exact) mass is 424 g/mol. The number of ether oxygens (including phenoxy) is 6. The van der Waals surface area contributed by atoms with Gasteiger partial charge in [-0.1, -0.05) is 6.58 Å². The van der Waals surface area contributed by atoms with E-state index in [1.807, 2.05) is 34.6 Å². The van der Waals surface area contributed by atoms with Crippen LogP contribution in [0.3, 0.4) is 0 Å². The van der Waals surface area contributed by atoms with E-state index in [1.165, 1.54) is 0 Å². The fourth-order valence-corrected chi connectivity index (χ4v) is 3.10. The van der Waals surface area contributed by atoms with E-state index in [4.69, 9.17) is 28.4 Å². The predicted molar refractivity (Wildman–Crippen MR) is 114 cm³/mol.